The van der Waals surface area contributed by atoms with E-state index in [1.54, 1.807) is 11.3 Å². The molecule has 1 atom stereocenters. The molecule has 2 heterocycles. The fourth-order valence-corrected chi connectivity index (χ4v) is 3.91. The first-order valence-corrected chi connectivity index (χ1v) is 7.84. The van der Waals surface area contributed by atoms with Gasteiger partial charge in [0.05, 0.1) is 6.54 Å². The van der Waals surface area contributed by atoms with E-state index < -0.39 is 0 Å². The van der Waals surface area contributed by atoms with Crippen molar-refractivity contribution in [2.45, 2.75) is 26.9 Å². The molecule has 1 N–H and O–H groups in total. The Bertz CT molecular complexity index is 481. The average Bonchev–Trinajstić information content (AvgIpc) is 2.85. The number of carbonyl (C=O) groups excluding carboxylic acids is 1. The number of nitrogens with zero attached hydrogens (tertiary/aromatic N) is 2. The molecule has 0 spiro atoms. The zero-order valence-electron chi connectivity index (χ0n) is 13.1. The van der Waals surface area contributed by atoms with Gasteiger partial charge in [0.1, 0.15) is 6.17 Å². The number of hydrogen-bond donors (Lipinski definition) is 1. The van der Waals surface area contributed by atoms with Gasteiger partial charge in [-0.05, 0) is 38.6 Å². The van der Waals surface area contributed by atoms with E-state index >= 15 is 0 Å². The lowest BCUT2D eigenvalue weighted by Gasteiger charge is -2.35. The topological polar surface area (TPSA) is 35.6 Å². The predicted octanol–water partition coefficient (Wildman–Crippen LogP) is 2.07. The van der Waals surface area contributed by atoms with E-state index in [4.69, 9.17) is 0 Å². The van der Waals surface area contributed by atoms with Gasteiger partial charge in [-0.15, -0.1) is 11.3 Å². The molecule has 0 saturated carbocycles. The van der Waals surface area contributed by atoms with Gasteiger partial charge in [0, 0.05) is 22.8 Å². The van der Waals surface area contributed by atoms with Crippen LogP contribution >= 0.6 is 11.3 Å². The second kappa shape index (κ2) is 5.84. The molecule has 0 radical (unpaired) electrons. The van der Waals surface area contributed by atoms with Gasteiger partial charge in [0.2, 0.25) is 5.91 Å². The van der Waals surface area contributed by atoms with Gasteiger partial charge in [0.15, 0.2) is 0 Å². The molecule has 1 aromatic heterocycles. The smallest absolute Gasteiger partial charge is 0.238 e. The summed E-state index contributed by atoms with van der Waals surface area (Å²) in [5.41, 5.74) is 0.0791. The standard InChI is InChI=1S/C15H25N3OS/c1-11-6-7-12(20-11)14-16-8-13(19)18(14)10-15(2,3)9-17(4)5/h6-7,14,16H,8-10H2,1-5H3. The number of rotatable bonds is 5. The molecule has 4 nitrogen and oxygen atoms in total. The van der Waals surface area contributed by atoms with Gasteiger partial charge < -0.3 is 9.80 Å². The molecule has 2 rings (SSSR count). The third-order valence-corrected chi connectivity index (χ3v) is 4.51. The van der Waals surface area contributed by atoms with Gasteiger partial charge >= 0.3 is 0 Å². The number of aryl methyl sites for hydroxylation is 1. The maximum atomic E-state index is 12.2. The van der Waals surface area contributed by atoms with E-state index in [0.717, 1.165) is 13.1 Å². The zero-order valence-corrected chi connectivity index (χ0v) is 13.9. The minimum atomic E-state index is 0.0441. The number of amides is 1. The molecule has 1 aliphatic heterocycles. The van der Waals surface area contributed by atoms with Crippen molar-refractivity contribution in [1.29, 1.82) is 0 Å². The molecule has 1 unspecified atom stereocenters. The Morgan fingerprint density at radius 2 is 2.15 bits per heavy atom. The van der Waals surface area contributed by atoms with E-state index in [0.29, 0.717) is 6.54 Å². The first-order valence-electron chi connectivity index (χ1n) is 7.02. The summed E-state index contributed by atoms with van der Waals surface area (Å²) in [4.78, 5) is 18.9. The van der Waals surface area contributed by atoms with E-state index in [2.05, 4.69) is 57.2 Å². The van der Waals surface area contributed by atoms with Crippen molar-refractivity contribution in [3.8, 4) is 0 Å². The summed E-state index contributed by atoms with van der Waals surface area (Å²) >= 11 is 1.76. The molecular weight excluding hydrogens is 270 g/mol. The third kappa shape index (κ3) is 3.59. The Balaban J connectivity index is 2.13. The molecule has 20 heavy (non-hydrogen) atoms. The van der Waals surface area contributed by atoms with E-state index in [1.165, 1.54) is 9.75 Å². The highest BCUT2D eigenvalue weighted by molar-refractivity contribution is 7.12. The molecule has 1 fully saturated rings. The predicted molar refractivity (Wildman–Crippen MR) is 83.8 cm³/mol. The fourth-order valence-electron chi connectivity index (χ4n) is 2.94. The maximum Gasteiger partial charge on any atom is 0.238 e. The van der Waals surface area contributed by atoms with Crippen molar-refractivity contribution in [3.63, 3.8) is 0 Å². The van der Waals surface area contributed by atoms with Crippen LogP contribution in [0.5, 0.6) is 0 Å². The first-order chi connectivity index (χ1) is 9.28. The van der Waals surface area contributed by atoms with Crippen LogP contribution in [0.3, 0.4) is 0 Å². The lowest BCUT2D eigenvalue weighted by atomic mass is 9.92. The second-order valence-electron chi connectivity index (χ2n) is 6.66. The minimum Gasteiger partial charge on any atom is -0.320 e. The van der Waals surface area contributed by atoms with Crippen LogP contribution in [0.15, 0.2) is 12.1 Å². The Labute approximate surface area is 125 Å². The van der Waals surface area contributed by atoms with Crippen molar-refractivity contribution >= 4 is 17.2 Å². The van der Waals surface area contributed by atoms with Crippen molar-refractivity contribution in [2.75, 3.05) is 33.7 Å². The summed E-state index contributed by atoms with van der Waals surface area (Å²) in [7, 11) is 4.15. The fraction of sp³-hybridized carbons (Fsp3) is 0.667. The van der Waals surface area contributed by atoms with E-state index in [-0.39, 0.29) is 17.5 Å². The number of nitrogens with one attached hydrogen (secondary N) is 1. The van der Waals surface area contributed by atoms with Crippen LogP contribution < -0.4 is 5.32 Å². The molecule has 0 aliphatic carbocycles. The van der Waals surface area contributed by atoms with Crippen molar-refractivity contribution in [2.24, 2.45) is 5.41 Å². The van der Waals surface area contributed by atoms with Gasteiger partial charge in [-0.25, -0.2) is 0 Å². The van der Waals surface area contributed by atoms with Crippen LogP contribution in [-0.4, -0.2) is 49.4 Å². The summed E-state index contributed by atoms with van der Waals surface area (Å²) in [5, 5.41) is 3.34. The Morgan fingerprint density at radius 1 is 1.45 bits per heavy atom. The highest BCUT2D eigenvalue weighted by Gasteiger charge is 2.36. The normalized spacial score (nSPS) is 20.2. The quantitative estimate of drug-likeness (QED) is 0.903. The van der Waals surface area contributed by atoms with Crippen LogP contribution in [0, 0.1) is 12.3 Å². The molecule has 112 valence electrons. The van der Waals surface area contributed by atoms with E-state index in [9.17, 15) is 4.79 Å². The van der Waals surface area contributed by atoms with Crippen molar-refractivity contribution < 1.29 is 4.79 Å². The lowest BCUT2D eigenvalue weighted by Crippen LogP contribution is -2.42. The average molecular weight is 295 g/mol. The highest BCUT2D eigenvalue weighted by Crippen LogP contribution is 2.31. The molecule has 1 aromatic rings. The Kier molecular flexibility index (Phi) is 4.52. The van der Waals surface area contributed by atoms with Crippen molar-refractivity contribution in [1.82, 2.24) is 15.1 Å². The molecule has 5 heteroatoms. The molecule has 0 bridgehead atoms. The number of hydrogen-bond acceptors (Lipinski definition) is 4. The molecular formula is C15H25N3OS. The summed E-state index contributed by atoms with van der Waals surface area (Å²) in [5.74, 6) is 0.202. The lowest BCUT2D eigenvalue weighted by molar-refractivity contribution is -0.129. The van der Waals surface area contributed by atoms with Gasteiger partial charge in [-0.2, -0.15) is 0 Å². The van der Waals surface area contributed by atoms with Gasteiger partial charge in [-0.3, -0.25) is 10.1 Å². The van der Waals surface area contributed by atoms with Gasteiger partial charge in [0.25, 0.3) is 0 Å². The van der Waals surface area contributed by atoms with Crippen LogP contribution in [0.1, 0.15) is 29.8 Å². The molecule has 1 amide bonds. The molecule has 1 aliphatic rings. The Morgan fingerprint density at radius 3 is 2.70 bits per heavy atom. The third-order valence-electron chi connectivity index (χ3n) is 3.45. The van der Waals surface area contributed by atoms with Crippen LogP contribution in [-0.2, 0) is 4.79 Å². The largest absolute Gasteiger partial charge is 0.320 e. The van der Waals surface area contributed by atoms with Gasteiger partial charge in [-0.1, -0.05) is 13.8 Å². The second-order valence-corrected chi connectivity index (χ2v) is 7.97. The van der Waals surface area contributed by atoms with E-state index in [1.807, 2.05) is 4.90 Å². The SMILES string of the molecule is Cc1ccc(C2NCC(=O)N2CC(C)(C)CN(C)C)s1. The first kappa shape index (κ1) is 15.5. The summed E-state index contributed by atoms with van der Waals surface area (Å²) in [6.07, 6.45) is 0.0441. The minimum absolute atomic E-state index is 0.0441. The Hall–Kier alpha value is -0.910. The van der Waals surface area contributed by atoms with Crippen LogP contribution in [0.25, 0.3) is 0 Å². The highest BCUT2D eigenvalue weighted by atomic mass is 32.1. The molecule has 0 aromatic carbocycles. The summed E-state index contributed by atoms with van der Waals surface area (Å²) in [6.45, 7) is 8.72. The maximum absolute atomic E-state index is 12.2. The zero-order chi connectivity index (χ0) is 14.9. The number of carbonyl (C=O) groups is 1. The summed E-state index contributed by atoms with van der Waals surface area (Å²) in [6, 6.07) is 4.25. The van der Waals surface area contributed by atoms with Crippen LogP contribution in [0.2, 0.25) is 0 Å². The van der Waals surface area contributed by atoms with Crippen LogP contribution in [0.4, 0.5) is 0 Å². The monoisotopic (exact) mass is 295 g/mol. The number of thiophene rings is 1. The molecule has 1 saturated heterocycles. The summed E-state index contributed by atoms with van der Waals surface area (Å²) < 4.78 is 0. The van der Waals surface area contributed by atoms with Crippen molar-refractivity contribution in [3.05, 3.63) is 21.9 Å².